The van der Waals surface area contributed by atoms with Gasteiger partial charge in [-0.2, -0.15) is 9.61 Å². The summed E-state index contributed by atoms with van der Waals surface area (Å²) in [5.41, 5.74) is 1.97. The second-order valence-corrected chi connectivity index (χ2v) is 7.10. The molecule has 0 aliphatic carbocycles. The van der Waals surface area contributed by atoms with Crippen molar-refractivity contribution in [3.63, 3.8) is 0 Å². The van der Waals surface area contributed by atoms with Crippen molar-refractivity contribution in [2.45, 2.75) is 52.0 Å². The quantitative estimate of drug-likeness (QED) is 0.670. The fourth-order valence-corrected chi connectivity index (χ4v) is 3.87. The normalized spacial score (nSPS) is 11.3. The van der Waals surface area contributed by atoms with Gasteiger partial charge >= 0.3 is 0 Å². The van der Waals surface area contributed by atoms with E-state index in [0.29, 0.717) is 6.42 Å². The first-order valence-corrected chi connectivity index (χ1v) is 9.57. The predicted molar refractivity (Wildman–Crippen MR) is 99.5 cm³/mol. The molecule has 1 N–H and O–H groups in total. The number of carbonyl (C=O) groups is 1. The van der Waals surface area contributed by atoms with Crippen LogP contribution in [-0.4, -0.2) is 31.8 Å². The number of rotatable bonds is 8. The Morgan fingerprint density at radius 1 is 1.24 bits per heavy atom. The summed E-state index contributed by atoms with van der Waals surface area (Å²) >= 11 is 1.47. The molecular weight excluding hydrogens is 334 g/mol. The Morgan fingerprint density at radius 3 is 2.72 bits per heavy atom. The lowest BCUT2D eigenvalue weighted by atomic mass is 10.0. The van der Waals surface area contributed by atoms with Gasteiger partial charge in [-0.25, -0.2) is 0 Å². The molecule has 25 heavy (non-hydrogen) atoms. The van der Waals surface area contributed by atoms with E-state index < -0.39 is 0 Å². The molecule has 0 saturated carbocycles. The van der Waals surface area contributed by atoms with Gasteiger partial charge in [0.2, 0.25) is 10.9 Å². The second kappa shape index (κ2) is 8.20. The largest absolute Gasteiger partial charge is 0.353 e. The molecule has 0 spiro atoms. The molecule has 0 fully saturated rings. The number of hydrogen-bond donors (Lipinski definition) is 1. The number of carbonyl (C=O) groups excluding carboxylic acids is 1. The van der Waals surface area contributed by atoms with E-state index in [1.165, 1.54) is 11.3 Å². The molecule has 7 heteroatoms. The second-order valence-electron chi connectivity index (χ2n) is 6.14. The Labute approximate surface area is 151 Å². The minimum absolute atomic E-state index is 0.0716. The highest BCUT2D eigenvalue weighted by atomic mass is 32.1. The van der Waals surface area contributed by atoms with Crippen molar-refractivity contribution < 1.29 is 4.79 Å². The average molecular weight is 357 g/mol. The van der Waals surface area contributed by atoms with Gasteiger partial charge in [-0.1, -0.05) is 62.3 Å². The van der Waals surface area contributed by atoms with E-state index in [4.69, 9.17) is 0 Å². The van der Waals surface area contributed by atoms with Crippen molar-refractivity contribution in [1.29, 1.82) is 0 Å². The smallest absolute Gasteiger partial charge is 0.234 e. The van der Waals surface area contributed by atoms with Gasteiger partial charge < -0.3 is 5.32 Å². The summed E-state index contributed by atoms with van der Waals surface area (Å²) in [6, 6.07) is 8.19. The van der Waals surface area contributed by atoms with E-state index in [2.05, 4.69) is 34.5 Å². The maximum absolute atomic E-state index is 12.5. The molecule has 0 unspecified atom stereocenters. The molecule has 0 bridgehead atoms. The van der Waals surface area contributed by atoms with Crippen molar-refractivity contribution in [2.75, 3.05) is 0 Å². The van der Waals surface area contributed by atoms with E-state index in [1.807, 2.05) is 24.3 Å². The SMILES string of the molecule is CCCC(CCC)NC(=O)Cc1ccccc1-c1nn2cnnc2s1. The van der Waals surface area contributed by atoms with E-state index in [1.54, 1.807) is 10.8 Å². The zero-order valence-electron chi connectivity index (χ0n) is 14.6. The third kappa shape index (κ3) is 4.22. The molecule has 2 heterocycles. The van der Waals surface area contributed by atoms with Crippen LogP contribution in [0.1, 0.15) is 45.1 Å². The maximum Gasteiger partial charge on any atom is 0.234 e. The molecule has 3 aromatic rings. The van der Waals surface area contributed by atoms with Crippen LogP contribution < -0.4 is 5.32 Å². The van der Waals surface area contributed by atoms with Gasteiger partial charge in [-0.3, -0.25) is 4.79 Å². The van der Waals surface area contributed by atoms with Crippen molar-refractivity contribution in [1.82, 2.24) is 25.1 Å². The number of fused-ring (bicyclic) bond motifs is 1. The van der Waals surface area contributed by atoms with Gasteiger partial charge in [0.1, 0.15) is 11.3 Å². The zero-order valence-corrected chi connectivity index (χ0v) is 15.4. The summed E-state index contributed by atoms with van der Waals surface area (Å²) in [7, 11) is 0. The third-order valence-corrected chi connectivity index (χ3v) is 5.07. The summed E-state index contributed by atoms with van der Waals surface area (Å²) in [6.45, 7) is 4.30. The van der Waals surface area contributed by atoms with Gasteiger partial charge in [0.25, 0.3) is 0 Å². The van der Waals surface area contributed by atoms with E-state index in [9.17, 15) is 4.79 Å². The standard InChI is InChI=1S/C18H23N5OS/c1-3-7-14(8-4-2)20-16(24)11-13-9-5-6-10-15(13)17-22-23-12-19-21-18(23)25-17/h5-6,9-10,12,14H,3-4,7-8,11H2,1-2H3,(H,20,24). The summed E-state index contributed by atoms with van der Waals surface area (Å²) in [5.74, 6) is 0.0716. The Kier molecular flexibility index (Phi) is 5.75. The lowest BCUT2D eigenvalue weighted by Crippen LogP contribution is -2.35. The number of aromatic nitrogens is 4. The van der Waals surface area contributed by atoms with Gasteiger partial charge in [0, 0.05) is 11.6 Å². The van der Waals surface area contributed by atoms with Crippen molar-refractivity contribution in [2.24, 2.45) is 0 Å². The van der Waals surface area contributed by atoms with E-state index in [-0.39, 0.29) is 11.9 Å². The van der Waals surface area contributed by atoms with Crippen LogP contribution in [0.25, 0.3) is 15.5 Å². The van der Waals surface area contributed by atoms with Crippen molar-refractivity contribution in [3.8, 4) is 10.6 Å². The first-order valence-electron chi connectivity index (χ1n) is 8.75. The molecule has 1 amide bonds. The van der Waals surface area contributed by atoms with Gasteiger partial charge in [-0.15, -0.1) is 10.2 Å². The van der Waals surface area contributed by atoms with Gasteiger partial charge in [-0.05, 0) is 18.4 Å². The minimum atomic E-state index is 0.0716. The molecule has 0 saturated heterocycles. The lowest BCUT2D eigenvalue weighted by Gasteiger charge is -2.17. The molecule has 132 valence electrons. The highest BCUT2D eigenvalue weighted by Gasteiger charge is 2.16. The number of hydrogen-bond acceptors (Lipinski definition) is 5. The first-order chi connectivity index (χ1) is 12.2. The van der Waals surface area contributed by atoms with Crippen LogP contribution in [0.5, 0.6) is 0 Å². The van der Waals surface area contributed by atoms with Crippen LogP contribution in [-0.2, 0) is 11.2 Å². The van der Waals surface area contributed by atoms with Gasteiger partial charge in [0.05, 0.1) is 6.42 Å². The monoisotopic (exact) mass is 357 g/mol. The third-order valence-electron chi connectivity index (χ3n) is 4.12. The number of benzene rings is 1. The minimum Gasteiger partial charge on any atom is -0.353 e. The average Bonchev–Trinajstić information content (AvgIpc) is 3.17. The van der Waals surface area contributed by atoms with Crippen LogP contribution in [0, 0.1) is 0 Å². The highest BCUT2D eigenvalue weighted by molar-refractivity contribution is 7.19. The molecule has 0 radical (unpaired) electrons. The van der Waals surface area contributed by atoms with Crippen molar-refractivity contribution >= 4 is 22.2 Å². The molecule has 6 nitrogen and oxygen atoms in total. The molecule has 1 aromatic carbocycles. The first kappa shape index (κ1) is 17.5. The summed E-state index contributed by atoms with van der Waals surface area (Å²) in [5, 5.41) is 16.4. The number of amides is 1. The zero-order chi connectivity index (χ0) is 17.6. The molecule has 0 atom stereocenters. The van der Waals surface area contributed by atoms with E-state index in [0.717, 1.165) is 46.8 Å². The highest BCUT2D eigenvalue weighted by Crippen LogP contribution is 2.28. The lowest BCUT2D eigenvalue weighted by molar-refractivity contribution is -0.121. The topological polar surface area (TPSA) is 72.2 Å². The molecule has 3 rings (SSSR count). The molecular formula is C18H23N5OS. The van der Waals surface area contributed by atoms with Crippen LogP contribution in [0.15, 0.2) is 30.6 Å². The van der Waals surface area contributed by atoms with Crippen LogP contribution in [0.2, 0.25) is 0 Å². The molecule has 0 aliphatic rings. The Balaban J connectivity index is 1.76. The van der Waals surface area contributed by atoms with Gasteiger partial charge in [0.15, 0.2) is 0 Å². The fourth-order valence-electron chi connectivity index (χ4n) is 2.99. The summed E-state index contributed by atoms with van der Waals surface area (Å²) < 4.78 is 1.66. The van der Waals surface area contributed by atoms with E-state index >= 15 is 0 Å². The molecule has 2 aromatic heterocycles. The summed E-state index contributed by atoms with van der Waals surface area (Å²) in [6.07, 6.45) is 6.16. The Bertz CT molecular complexity index is 806. The summed E-state index contributed by atoms with van der Waals surface area (Å²) in [4.78, 5) is 13.3. The fraction of sp³-hybridized carbons (Fsp3) is 0.444. The maximum atomic E-state index is 12.5. The van der Waals surface area contributed by atoms with Crippen LogP contribution in [0.3, 0.4) is 0 Å². The molecule has 0 aliphatic heterocycles. The van der Waals surface area contributed by atoms with Crippen LogP contribution in [0.4, 0.5) is 0 Å². The van der Waals surface area contributed by atoms with Crippen molar-refractivity contribution in [3.05, 3.63) is 36.2 Å². The Hall–Kier alpha value is -2.28. The number of nitrogens with zero attached hydrogens (tertiary/aromatic N) is 4. The predicted octanol–water partition coefficient (Wildman–Crippen LogP) is 3.48. The Morgan fingerprint density at radius 2 is 2.00 bits per heavy atom. The van der Waals surface area contributed by atoms with Crippen LogP contribution >= 0.6 is 11.3 Å². The number of nitrogens with one attached hydrogen (secondary N) is 1.